The summed E-state index contributed by atoms with van der Waals surface area (Å²) >= 11 is 0. The van der Waals surface area contributed by atoms with Crippen LogP contribution in [-0.4, -0.2) is 36.5 Å². The maximum Gasteiger partial charge on any atom is 0.387 e. The van der Waals surface area contributed by atoms with Crippen molar-refractivity contribution < 1.29 is 37.4 Å². The number of alkyl halides is 2. The lowest BCUT2D eigenvalue weighted by Crippen LogP contribution is -2.25. The van der Waals surface area contributed by atoms with Crippen LogP contribution in [-0.2, 0) is 4.74 Å². The van der Waals surface area contributed by atoms with Crippen molar-refractivity contribution in [2.75, 3.05) is 6.61 Å². The Balaban J connectivity index is 1.59. The van der Waals surface area contributed by atoms with Gasteiger partial charge < -0.3 is 9.47 Å². The summed E-state index contributed by atoms with van der Waals surface area (Å²) in [5.74, 6) is -3.01. The Hall–Kier alpha value is -4.20. The minimum absolute atomic E-state index is 0.0609. The van der Waals surface area contributed by atoms with Crippen molar-refractivity contribution in [3.05, 3.63) is 99.6 Å². The van der Waals surface area contributed by atoms with Gasteiger partial charge in [0.2, 0.25) is 5.78 Å². The maximum atomic E-state index is 13.0. The maximum absolute atomic E-state index is 13.0. The zero-order valence-corrected chi connectivity index (χ0v) is 17.3. The summed E-state index contributed by atoms with van der Waals surface area (Å²) in [4.78, 5) is 51.1. The SMILES string of the molecule is Cc1ccc(OC(F)F)c(C(=O)COC(=O)c2cccc3c2C(=O)c2ccccc2C3=O)c1. The summed E-state index contributed by atoms with van der Waals surface area (Å²) in [6.07, 6.45) is 0. The molecule has 0 aromatic heterocycles. The Bertz CT molecular complexity index is 1310. The molecule has 0 N–H and O–H groups in total. The lowest BCUT2D eigenvalue weighted by atomic mass is 9.82. The summed E-state index contributed by atoms with van der Waals surface area (Å²) < 4.78 is 34.8. The number of benzene rings is 3. The van der Waals surface area contributed by atoms with Crippen LogP contribution in [0.2, 0.25) is 0 Å². The summed E-state index contributed by atoms with van der Waals surface area (Å²) in [5, 5.41) is 0. The molecule has 0 spiro atoms. The van der Waals surface area contributed by atoms with Gasteiger partial charge in [-0.2, -0.15) is 8.78 Å². The van der Waals surface area contributed by atoms with E-state index in [-0.39, 0.29) is 39.1 Å². The second-order valence-electron chi connectivity index (χ2n) is 7.31. The summed E-state index contributed by atoms with van der Waals surface area (Å²) in [6.45, 7) is -2.25. The first kappa shape index (κ1) is 22.0. The number of carbonyl (C=O) groups excluding carboxylic acids is 4. The van der Waals surface area contributed by atoms with Gasteiger partial charge in [-0.3, -0.25) is 14.4 Å². The first-order valence-corrected chi connectivity index (χ1v) is 9.85. The molecule has 3 aromatic rings. The van der Waals surface area contributed by atoms with E-state index in [0.29, 0.717) is 5.56 Å². The van der Waals surface area contributed by atoms with Crippen LogP contribution in [0.25, 0.3) is 0 Å². The van der Waals surface area contributed by atoms with Gasteiger partial charge in [-0.25, -0.2) is 4.79 Å². The van der Waals surface area contributed by atoms with Crippen LogP contribution in [0.15, 0.2) is 60.7 Å². The molecule has 4 rings (SSSR count). The molecule has 1 aliphatic carbocycles. The van der Waals surface area contributed by atoms with E-state index in [1.165, 1.54) is 48.5 Å². The molecule has 0 bridgehead atoms. The number of hydrogen-bond acceptors (Lipinski definition) is 6. The van der Waals surface area contributed by atoms with Crippen molar-refractivity contribution in [2.45, 2.75) is 13.5 Å². The number of ketones is 3. The summed E-state index contributed by atoms with van der Waals surface area (Å²) in [5.41, 5.74) is 0.648. The van der Waals surface area contributed by atoms with E-state index in [1.54, 1.807) is 19.1 Å². The Kier molecular flexibility index (Phi) is 5.83. The Morgan fingerprint density at radius 3 is 2.21 bits per heavy atom. The minimum Gasteiger partial charge on any atom is -0.454 e. The Morgan fingerprint density at radius 1 is 0.848 bits per heavy atom. The summed E-state index contributed by atoms with van der Waals surface area (Å²) in [6, 6.07) is 14.5. The monoisotopic (exact) mass is 450 g/mol. The molecule has 0 amide bonds. The third kappa shape index (κ3) is 4.15. The van der Waals surface area contributed by atoms with Crippen molar-refractivity contribution >= 4 is 23.3 Å². The predicted molar refractivity (Wildman–Crippen MR) is 112 cm³/mol. The van der Waals surface area contributed by atoms with Crippen molar-refractivity contribution in [2.24, 2.45) is 0 Å². The molecule has 3 aromatic carbocycles. The number of carbonyl (C=O) groups is 4. The standard InChI is InChI=1S/C25H16F2O6/c1-13-9-10-20(33-25(26)27)18(11-13)19(28)12-32-24(31)17-8-4-7-16-21(17)23(30)15-6-3-2-5-14(15)22(16)29/h2-11,25H,12H2,1H3. The molecule has 166 valence electrons. The van der Waals surface area contributed by atoms with Gasteiger partial charge in [0.15, 0.2) is 18.2 Å². The van der Waals surface area contributed by atoms with Crippen molar-refractivity contribution in [3.8, 4) is 5.75 Å². The van der Waals surface area contributed by atoms with E-state index in [4.69, 9.17) is 4.74 Å². The Morgan fingerprint density at radius 2 is 1.52 bits per heavy atom. The van der Waals surface area contributed by atoms with Crippen LogP contribution in [0.5, 0.6) is 5.75 Å². The zero-order valence-electron chi connectivity index (χ0n) is 17.3. The molecular weight excluding hydrogens is 434 g/mol. The van der Waals surface area contributed by atoms with Gasteiger partial charge in [0.25, 0.3) is 0 Å². The molecule has 0 aliphatic heterocycles. The van der Waals surface area contributed by atoms with Crippen LogP contribution >= 0.6 is 0 Å². The lowest BCUT2D eigenvalue weighted by molar-refractivity contribution is -0.0502. The fourth-order valence-electron chi connectivity index (χ4n) is 3.66. The second kappa shape index (κ2) is 8.74. The molecule has 0 saturated carbocycles. The van der Waals surface area contributed by atoms with Crippen LogP contribution in [0.4, 0.5) is 8.78 Å². The highest BCUT2D eigenvalue weighted by atomic mass is 19.3. The smallest absolute Gasteiger partial charge is 0.387 e. The van der Waals surface area contributed by atoms with Gasteiger partial charge >= 0.3 is 12.6 Å². The molecule has 0 unspecified atom stereocenters. The first-order chi connectivity index (χ1) is 15.8. The largest absolute Gasteiger partial charge is 0.454 e. The van der Waals surface area contributed by atoms with Crippen LogP contribution in [0, 0.1) is 6.92 Å². The molecular formula is C25H16F2O6. The van der Waals surface area contributed by atoms with Crippen molar-refractivity contribution in [3.63, 3.8) is 0 Å². The van der Waals surface area contributed by atoms with Gasteiger partial charge in [-0.1, -0.05) is 48.0 Å². The average molecular weight is 450 g/mol. The fourth-order valence-corrected chi connectivity index (χ4v) is 3.66. The van der Waals surface area contributed by atoms with Crippen LogP contribution in [0.1, 0.15) is 58.1 Å². The van der Waals surface area contributed by atoms with Crippen molar-refractivity contribution in [1.82, 2.24) is 0 Å². The molecule has 0 saturated heterocycles. The number of halogens is 2. The van der Waals surface area contributed by atoms with Gasteiger partial charge in [0.05, 0.1) is 11.1 Å². The van der Waals surface area contributed by atoms with E-state index in [9.17, 15) is 28.0 Å². The second-order valence-corrected chi connectivity index (χ2v) is 7.31. The number of esters is 1. The van der Waals surface area contributed by atoms with E-state index in [2.05, 4.69) is 4.74 Å². The highest BCUT2D eigenvalue weighted by molar-refractivity contribution is 6.30. The van der Waals surface area contributed by atoms with E-state index in [1.807, 2.05) is 0 Å². The zero-order chi connectivity index (χ0) is 23.7. The number of ether oxygens (including phenoxy) is 2. The molecule has 33 heavy (non-hydrogen) atoms. The van der Waals surface area contributed by atoms with Gasteiger partial charge in [-0.15, -0.1) is 0 Å². The molecule has 0 radical (unpaired) electrons. The number of hydrogen-bond donors (Lipinski definition) is 0. The molecule has 8 heteroatoms. The molecule has 1 aliphatic rings. The minimum atomic E-state index is -3.14. The van der Waals surface area contributed by atoms with Gasteiger partial charge in [-0.05, 0) is 25.1 Å². The lowest BCUT2D eigenvalue weighted by Gasteiger charge is -2.19. The number of fused-ring (bicyclic) bond motifs is 2. The highest BCUT2D eigenvalue weighted by Gasteiger charge is 2.33. The Labute approximate surface area is 186 Å². The van der Waals surface area contributed by atoms with E-state index >= 15 is 0 Å². The van der Waals surface area contributed by atoms with E-state index in [0.717, 1.165) is 0 Å². The molecule has 0 fully saturated rings. The van der Waals surface area contributed by atoms with Crippen LogP contribution in [0.3, 0.4) is 0 Å². The third-order valence-electron chi connectivity index (χ3n) is 5.16. The van der Waals surface area contributed by atoms with E-state index < -0.39 is 36.5 Å². The summed E-state index contributed by atoms with van der Waals surface area (Å²) in [7, 11) is 0. The number of aryl methyl sites for hydroxylation is 1. The molecule has 0 heterocycles. The predicted octanol–water partition coefficient (Wildman–Crippen LogP) is 4.41. The number of Topliss-reactive ketones (excluding diaryl/α,β-unsaturated/α-hetero) is 1. The van der Waals surface area contributed by atoms with Crippen molar-refractivity contribution in [1.29, 1.82) is 0 Å². The highest BCUT2D eigenvalue weighted by Crippen LogP contribution is 2.30. The number of rotatable bonds is 6. The average Bonchev–Trinajstić information content (AvgIpc) is 2.81. The third-order valence-corrected chi connectivity index (χ3v) is 5.16. The molecule has 6 nitrogen and oxygen atoms in total. The fraction of sp³-hybridized carbons (Fsp3) is 0.120. The van der Waals surface area contributed by atoms with Gasteiger partial charge in [0, 0.05) is 22.3 Å². The van der Waals surface area contributed by atoms with Gasteiger partial charge in [0.1, 0.15) is 5.75 Å². The molecule has 0 atom stereocenters. The first-order valence-electron chi connectivity index (χ1n) is 9.85. The normalized spacial score (nSPS) is 12.2. The quantitative estimate of drug-likeness (QED) is 0.320. The topological polar surface area (TPSA) is 86.7 Å². The van der Waals surface area contributed by atoms with Crippen LogP contribution < -0.4 is 4.74 Å².